The number of hydrogen-bond donors (Lipinski definition) is 0. The number of hydrogen-bond acceptors (Lipinski definition) is 5. The number of carbonyl (C=O) groups excluding carboxylic acids is 1. The molecule has 1 aliphatic rings. The predicted octanol–water partition coefficient (Wildman–Crippen LogP) is 5.25. The summed E-state index contributed by atoms with van der Waals surface area (Å²) in [6, 6.07) is 15.2. The van der Waals surface area contributed by atoms with E-state index in [9.17, 15) is 4.79 Å². The summed E-state index contributed by atoms with van der Waals surface area (Å²) in [4.78, 5) is 17.3. The van der Waals surface area contributed by atoms with Crippen LogP contribution in [0.15, 0.2) is 53.9 Å². The summed E-state index contributed by atoms with van der Waals surface area (Å²) in [5.41, 5.74) is 2.11. The van der Waals surface area contributed by atoms with E-state index in [0.29, 0.717) is 5.02 Å². The van der Waals surface area contributed by atoms with E-state index in [4.69, 9.17) is 21.1 Å². The van der Waals surface area contributed by atoms with Gasteiger partial charge in [-0.15, -0.1) is 11.3 Å². The molecule has 27 heavy (non-hydrogen) atoms. The standard InChI is InChI=1S/C21H18ClNO3S/c1-25-18-5-3-2-4-17(18)19-23-16(13-27-19)12-26-20(24)21(10-11-21)14-6-8-15(22)9-7-14/h2-9,13H,10-12H2,1H3. The second-order valence-corrected chi connectivity index (χ2v) is 7.80. The summed E-state index contributed by atoms with van der Waals surface area (Å²) in [5.74, 6) is 0.576. The van der Waals surface area contributed by atoms with Crippen LogP contribution in [0.25, 0.3) is 10.6 Å². The van der Waals surface area contributed by atoms with Crippen molar-refractivity contribution in [2.45, 2.75) is 24.9 Å². The van der Waals surface area contributed by atoms with E-state index in [0.717, 1.165) is 40.4 Å². The van der Waals surface area contributed by atoms with Crippen molar-refractivity contribution in [3.8, 4) is 16.3 Å². The highest BCUT2D eigenvalue weighted by molar-refractivity contribution is 7.13. The molecule has 0 spiro atoms. The van der Waals surface area contributed by atoms with Gasteiger partial charge in [-0.1, -0.05) is 35.9 Å². The molecule has 6 heteroatoms. The summed E-state index contributed by atoms with van der Waals surface area (Å²) < 4.78 is 11.0. The van der Waals surface area contributed by atoms with E-state index in [1.54, 1.807) is 7.11 Å². The molecule has 1 saturated carbocycles. The molecule has 0 saturated heterocycles. The minimum Gasteiger partial charge on any atom is -0.496 e. The van der Waals surface area contributed by atoms with Crippen molar-refractivity contribution in [2.75, 3.05) is 7.11 Å². The second-order valence-electron chi connectivity index (χ2n) is 6.51. The molecular formula is C21H18ClNO3S. The van der Waals surface area contributed by atoms with Crippen LogP contribution in [0.1, 0.15) is 24.1 Å². The first-order valence-electron chi connectivity index (χ1n) is 8.63. The first kappa shape index (κ1) is 18.0. The lowest BCUT2D eigenvalue weighted by Gasteiger charge is -2.14. The maximum absolute atomic E-state index is 12.7. The Bertz CT molecular complexity index is 964. The highest BCUT2D eigenvalue weighted by Gasteiger charge is 2.52. The molecule has 1 fully saturated rings. The largest absolute Gasteiger partial charge is 0.496 e. The van der Waals surface area contributed by atoms with E-state index in [-0.39, 0.29) is 12.6 Å². The molecule has 0 bridgehead atoms. The summed E-state index contributed by atoms with van der Waals surface area (Å²) in [5, 5.41) is 3.42. The third-order valence-corrected chi connectivity index (χ3v) is 5.95. The van der Waals surface area contributed by atoms with Gasteiger partial charge in [-0.05, 0) is 42.7 Å². The number of para-hydroxylation sites is 1. The maximum atomic E-state index is 12.7. The molecule has 0 aliphatic heterocycles. The van der Waals surface area contributed by atoms with Crippen molar-refractivity contribution in [3.05, 3.63) is 70.2 Å². The fourth-order valence-corrected chi connectivity index (χ4v) is 4.06. The lowest BCUT2D eigenvalue weighted by molar-refractivity contribution is -0.148. The summed E-state index contributed by atoms with van der Waals surface area (Å²) in [6.45, 7) is 0.166. The van der Waals surface area contributed by atoms with Gasteiger partial charge >= 0.3 is 5.97 Å². The van der Waals surface area contributed by atoms with Crippen LogP contribution in [0, 0.1) is 0 Å². The molecule has 0 radical (unpaired) electrons. The molecular weight excluding hydrogens is 382 g/mol. The van der Waals surface area contributed by atoms with Gasteiger partial charge in [-0.2, -0.15) is 0 Å². The van der Waals surface area contributed by atoms with Crippen molar-refractivity contribution in [3.63, 3.8) is 0 Å². The molecule has 0 N–H and O–H groups in total. The Kier molecular flexibility index (Phi) is 4.89. The van der Waals surface area contributed by atoms with Crippen molar-refractivity contribution < 1.29 is 14.3 Å². The van der Waals surface area contributed by atoms with Gasteiger partial charge in [-0.25, -0.2) is 4.98 Å². The van der Waals surface area contributed by atoms with Crippen LogP contribution in [0.3, 0.4) is 0 Å². The Hall–Kier alpha value is -2.37. The Morgan fingerprint density at radius 2 is 1.93 bits per heavy atom. The van der Waals surface area contributed by atoms with Crippen LogP contribution in [0.2, 0.25) is 5.02 Å². The lowest BCUT2D eigenvalue weighted by Crippen LogP contribution is -2.23. The van der Waals surface area contributed by atoms with Crippen molar-refractivity contribution in [2.24, 2.45) is 0 Å². The zero-order chi connectivity index (χ0) is 18.9. The first-order valence-corrected chi connectivity index (χ1v) is 9.89. The van der Waals surface area contributed by atoms with E-state index in [2.05, 4.69) is 4.98 Å². The molecule has 3 aromatic rings. The van der Waals surface area contributed by atoms with E-state index >= 15 is 0 Å². The van der Waals surface area contributed by atoms with Gasteiger partial charge in [0.05, 0.1) is 23.8 Å². The lowest BCUT2D eigenvalue weighted by atomic mass is 9.96. The highest BCUT2D eigenvalue weighted by Crippen LogP contribution is 2.49. The normalized spacial score (nSPS) is 14.6. The molecule has 2 aromatic carbocycles. The van der Waals surface area contributed by atoms with Gasteiger partial charge in [0.2, 0.25) is 0 Å². The van der Waals surface area contributed by atoms with Gasteiger partial charge in [0, 0.05) is 10.4 Å². The maximum Gasteiger partial charge on any atom is 0.316 e. The van der Waals surface area contributed by atoms with Crippen LogP contribution in [0.5, 0.6) is 5.75 Å². The summed E-state index contributed by atoms with van der Waals surface area (Å²) >= 11 is 7.45. The first-order chi connectivity index (χ1) is 13.1. The number of esters is 1. The third-order valence-electron chi connectivity index (χ3n) is 4.78. The van der Waals surface area contributed by atoms with Gasteiger partial charge in [0.25, 0.3) is 0 Å². The molecule has 1 aliphatic carbocycles. The Labute approximate surface area is 166 Å². The van der Waals surface area contributed by atoms with Crippen LogP contribution >= 0.6 is 22.9 Å². The third kappa shape index (κ3) is 3.57. The van der Waals surface area contributed by atoms with Crippen LogP contribution in [0.4, 0.5) is 0 Å². The number of rotatable bonds is 6. The molecule has 0 amide bonds. The molecule has 1 aromatic heterocycles. The minimum atomic E-state index is -0.522. The Morgan fingerprint density at radius 3 is 2.63 bits per heavy atom. The topological polar surface area (TPSA) is 48.4 Å². The summed E-state index contributed by atoms with van der Waals surface area (Å²) in [6.07, 6.45) is 1.61. The average molecular weight is 400 g/mol. The number of carbonyl (C=O) groups is 1. The monoisotopic (exact) mass is 399 g/mol. The zero-order valence-electron chi connectivity index (χ0n) is 14.8. The van der Waals surface area contributed by atoms with Crippen molar-refractivity contribution >= 4 is 28.9 Å². The molecule has 4 rings (SSSR count). The molecule has 1 heterocycles. The molecule has 4 nitrogen and oxygen atoms in total. The van der Waals surface area contributed by atoms with E-state index in [1.807, 2.05) is 53.9 Å². The fraction of sp³-hybridized carbons (Fsp3) is 0.238. The molecule has 0 atom stereocenters. The number of halogens is 1. The second kappa shape index (κ2) is 7.33. The van der Waals surface area contributed by atoms with Crippen LogP contribution < -0.4 is 4.74 Å². The minimum absolute atomic E-state index is 0.166. The fourth-order valence-electron chi connectivity index (χ4n) is 3.10. The number of thiazole rings is 1. The van der Waals surface area contributed by atoms with E-state index < -0.39 is 5.41 Å². The smallest absolute Gasteiger partial charge is 0.316 e. The summed E-state index contributed by atoms with van der Waals surface area (Å²) in [7, 11) is 1.64. The van der Waals surface area contributed by atoms with Crippen LogP contribution in [-0.2, 0) is 21.6 Å². The van der Waals surface area contributed by atoms with Crippen LogP contribution in [-0.4, -0.2) is 18.1 Å². The van der Waals surface area contributed by atoms with Gasteiger partial charge in [-0.3, -0.25) is 4.79 Å². The van der Waals surface area contributed by atoms with Crippen molar-refractivity contribution in [1.29, 1.82) is 0 Å². The van der Waals surface area contributed by atoms with Gasteiger partial charge in [0.1, 0.15) is 17.4 Å². The van der Waals surface area contributed by atoms with Gasteiger partial charge < -0.3 is 9.47 Å². The highest BCUT2D eigenvalue weighted by atomic mass is 35.5. The predicted molar refractivity (Wildman–Crippen MR) is 106 cm³/mol. The number of ether oxygens (including phenoxy) is 2. The number of aromatic nitrogens is 1. The molecule has 138 valence electrons. The quantitative estimate of drug-likeness (QED) is 0.531. The van der Waals surface area contributed by atoms with Crippen molar-refractivity contribution in [1.82, 2.24) is 4.98 Å². The number of nitrogens with zero attached hydrogens (tertiary/aromatic N) is 1. The number of methoxy groups -OCH3 is 1. The Morgan fingerprint density at radius 1 is 1.19 bits per heavy atom. The zero-order valence-corrected chi connectivity index (χ0v) is 16.3. The number of benzene rings is 2. The average Bonchev–Trinajstić information content (AvgIpc) is 3.38. The molecule has 0 unspecified atom stereocenters. The van der Waals surface area contributed by atoms with Gasteiger partial charge in [0.15, 0.2) is 0 Å². The SMILES string of the molecule is COc1ccccc1-c1nc(COC(=O)C2(c3ccc(Cl)cc3)CC2)cs1. The Balaban J connectivity index is 1.44. The van der Waals surface area contributed by atoms with E-state index in [1.165, 1.54) is 11.3 Å².